The molecule has 24 heavy (non-hydrogen) atoms. The molecule has 1 heterocycles. The molecule has 0 saturated carbocycles. The third-order valence-electron chi connectivity index (χ3n) is 3.87. The van der Waals surface area contributed by atoms with Crippen LogP contribution < -0.4 is 0 Å². The highest BCUT2D eigenvalue weighted by molar-refractivity contribution is 7.90. The van der Waals surface area contributed by atoms with E-state index in [1.165, 1.54) is 0 Å². The van der Waals surface area contributed by atoms with Gasteiger partial charge in [0.05, 0.1) is 10.4 Å². The molecule has 0 spiro atoms. The number of rotatable bonds is 3. The zero-order valence-electron chi connectivity index (χ0n) is 12.7. The maximum atomic E-state index is 13.0. The van der Waals surface area contributed by atoms with Crippen LogP contribution in [0.5, 0.6) is 0 Å². The molecule has 0 atom stereocenters. The molecule has 0 saturated heterocycles. The molecule has 0 bridgehead atoms. The number of nitrogens with zero attached hydrogens (tertiary/aromatic N) is 2. The van der Waals surface area contributed by atoms with Crippen molar-refractivity contribution in [2.45, 2.75) is 4.90 Å². The van der Waals surface area contributed by atoms with Crippen LogP contribution in [-0.4, -0.2) is 17.6 Å². The van der Waals surface area contributed by atoms with Gasteiger partial charge in [-0.15, -0.1) is 0 Å². The Labute approximate surface area is 140 Å². The molecule has 4 nitrogen and oxygen atoms in total. The number of fused-ring (bicyclic) bond motifs is 1. The van der Waals surface area contributed by atoms with Crippen LogP contribution in [-0.2, 0) is 10.0 Å². The Balaban J connectivity index is 2.01. The van der Waals surface area contributed by atoms with E-state index in [1.807, 2.05) is 48.5 Å². The molecule has 1 aromatic heterocycles. The molecule has 4 aromatic rings. The summed E-state index contributed by atoms with van der Waals surface area (Å²) >= 11 is 0. The predicted octanol–water partition coefficient (Wildman–Crippen LogP) is 3.94. The van der Waals surface area contributed by atoms with Gasteiger partial charge in [0.15, 0.2) is 0 Å². The van der Waals surface area contributed by atoms with Crippen molar-refractivity contribution in [3.05, 3.63) is 84.9 Å². The second-order valence-corrected chi connectivity index (χ2v) is 7.16. The van der Waals surface area contributed by atoms with Gasteiger partial charge >= 0.3 is 0 Å². The minimum atomic E-state index is -3.75. The highest BCUT2D eigenvalue weighted by atomic mass is 32.2. The first-order valence-electron chi connectivity index (χ1n) is 7.52. The van der Waals surface area contributed by atoms with Crippen LogP contribution in [0.3, 0.4) is 0 Å². The summed E-state index contributed by atoms with van der Waals surface area (Å²) in [5.41, 5.74) is 2.11. The molecule has 3 aromatic carbocycles. The Hall–Kier alpha value is -2.92. The fourth-order valence-electron chi connectivity index (χ4n) is 2.72. The summed E-state index contributed by atoms with van der Waals surface area (Å²) in [5.74, 6) is 0. The molecule has 0 amide bonds. The lowest BCUT2D eigenvalue weighted by molar-refractivity contribution is 0.582. The maximum absolute atomic E-state index is 13.0. The van der Waals surface area contributed by atoms with Crippen molar-refractivity contribution in [2.75, 3.05) is 0 Å². The van der Waals surface area contributed by atoms with E-state index in [0.29, 0.717) is 11.2 Å². The average molecular weight is 334 g/mol. The van der Waals surface area contributed by atoms with Gasteiger partial charge in [0.2, 0.25) is 0 Å². The van der Waals surface area contributed by atoms with Crippen molar-refractivity contribution in [2.24, 2.45) is 0 Å². The van der Waals surface area contributed by atoms with Crippen LogP contribution in [0.1, 0.15) is 0 Å². The molecule has 0 aliphatic heterocycles. The van der Waals surface area contributed by atoms with Gasteiger partial charge in [-0.25, -0.2) is 0 Å². The van der Waals surface area contributed by atoms with Crippen LogP contribution in [0.2, 0.25) is 0 Å². The fraction of sp³-hybridized carbons (Fsp3) is 0. The molecule has 4 rings (SSSR count). The molecule has 0 N–H and O–H groups in total. The number of benzene rings is 3. The predicted molar refractivity (Wildman–Crippen MR) is 94.2 cm³/mol. The third kappa shape index (κ3) is 2.30. The van der Waals surface area contributed by atoms with E-state index in [9.17, 15) is 8.42 Å². The van der Waals surface area contributed by atoms with Crippen LogP contribution in [0.15, 0.2) is 89.8 Å². The molecule has 0 radical (unpaired) electrons. The zero-order valence-corrected chi connectivity index (χ0v) is 13.5. The van der Waals surface area contributed by atoms with Gasteiger partial charge < -0.3 is 0 Å². The minimum Gasteiger partial charge on any atom is -0.199 e. The number of aromatic nitrogens is 2. The summed E-state index contributed by atoms with van der Waals surface area (Å²) in [6.07, 6.45) is 0. The summed E-state index contributed by atoms with van der Waals surface area (Å²) in [6.45, 7) is 0. The fourth-order valence-corrected chi connectivity index (χ4v) is 4.03. The van der Waals surface area contributed by atoms with Gasteiger partial charge in [-0.3, -0.25) is 0 Å². The highest BCUT2D eigenvalue weighted by Gasteiger charge is 2.22. The molecule has 0 aliphatic rings. The Kier molecular flexibility index (Phi) is 3.43. The largest absolute Gasteiger partial charge is 0.283 e. The first-order valence-corrected chi connectivity index (χ1v) is 8.96. The first-order chi connectivity index (χ1) is 11.7. The average Bonchev–Trinajstić information content (AvgIpc) is 3.04. The minimum absolute atomic E-state index is 0.220. The Morgan fingerprint density at radius 2 is 1.29 bits per heavy atom. The summed E-state index contributed by atoms with van der Waals surface area (Å²) < 4.78 is 27.1. The molecule has 0 aliphatic carbocycles. The molecular formula is C19H14N2O2S. The van der Waals surface area contributed by atoms with Gasteiger partial charge in [0.1, 0.15) is 5.69 Å². The van der Waals surface area contributed by atoms with E-state index >= 15 is 0 Å². The topological polar surface area (TPSA) is 52.0 Å². The summed E-state index contributed by atoms with van der Waals surface area (Å²) in [4.78, 5) is 0.220. The second kappa shape index (κ2) is 5.62. The summed E-state index contributed by atoms with van der Waals surface area (Å²) in [6, 6.07) is 25.3. The second-order valence-electron chi connectivity index (χ2n) is 5.39. The van der Waals surface area contributed by atoms with E-state index in [1.54, 1.807) is 36.4 Å². The zero-order chi connectivity index (χ0) is 16.6. The first kappa shape index (κ1) is 14.7. The molecule has 0 fully saturated rings. The van der Waals surface area contributed by atoms with Gasteiger partial charge in [-0.2, -0.15) is 17.6 Å². The monoisotopic (exact) mass is 334 g/mol. The standard InChI is InChI=1S/C19H14N2O2S/c22-24(23,16-11-5-2-6-12-16)21-18-14-8-7-13-17(18)19(20-21)15-9-3-1-4-10-15/h1-14H. The molecular weight excluding hydrogens is 320 g/mol. The van der Waals surface area contributed by atoms with Crippen molar-refractivity contribution in [3.63, 3.8) is 0 Å². The Bertz CT molecular complexity index is 1100. The van der Waals surface area contributed by atoms with Gasteiger partial charge in [-0.05, 0) is 18.2 Å². The van der Waals surface area contributed by atoms with Crippen LogP contribution in [0.25, 0.3) is 22.2 Å². The van der Waals surface area contributed by atoms with Gasteiger partial charge in [-0.1, -0.05) is 66.7 Å². The Morgan fingerprint density at radius 1 is 0.708 bits per heavy atom. The molecule has 0 unspecified atom stereocenters. The highest BCUT2D eigenvalue weighted by Crippen LogP contribution is 2.29. The SMILES string of the molecule is O=S(=O)(c1ccccc1)n1nc(-c2ccccc2)c2ccccc21. The number of para-hydroxylation sites is 1. The van der Waals surface area contributed by atoms with E-state index < -0.39 is 10.0 Å². The quantitative estimate of drug-likeness (QED) is 0.570. The van der Waals surface area contributed by atoms with Gasteiger partial charge in [0.25, 0.3) is 10.0 Å². The van der Waals surface area contributed by atoms with E-state index in [0.717, 1.165) is 15.0 Å². The number of hydrogen-bond acceptors (Lipinski definition) is 3. The van der Waals surface area contributed by atoms with Crippen LogP contribution >= 0.6 is 0 Å². The van der Waals surface area contributed by atoms with Gasteiger partial charge in [0, 0.05) is 10.9 Å². The van der Waals surface area contributed by atoms with Crippen molar-refractivity contribution in [1.82, 2.24) is 9.19 Å². The lowest BCUT2D eigenvalue weighted by Gasteiger charge is -2.05. The van der Waals surface area contributed by atoms with E-state index in [-0.39, 0.29) is 4.90 Å². The number of hydrogen-bond donors (Lipinski definition) is 0. The van der Waals surface area contributed by atoms with Crippen molar-refractivity contribution in [1.29, 1.82) is 0 Å². The van der Waals surface area contributed by atoms with Crippen molar-refractivity contribution < 1.29 is 8.42 Å². The van der Waals surface area contributed by atoms with Crippen molar-refractivity contribution >= 4 is 20.9 Å². The summed E-state index contributed by atoms with van der Waals surface area (Å²) in [5, 5.41) is 5.24. The Morgan fingerprint density at radius 3 is 2.00 bits per heavy atom. The van der Waals surface area contributed by atoms with E-state index in [2.05, 4.69) is 5.10 Å². The summed E-state index contributed by atoms with van der Waals surface area (Å²) in [7, 11) is -3.75. The normalized spacial score (nSPS) is 11.7. The van der Waals surface area contributed by atoms with Crippen LogP contribution in [0, 0.1) is 0 Å². The van der Waals surface area contributed by atoms with E-state index in [4.69, 9.17) is 0 Å². The lowest BCUT2D eigenvalue weighted by atomic mass is 10.1. The molecule has 118 valence electrons. The third-order valence-corrected chi connectivity index (χ3v) is 5.47. The maximum Gasteiger partial charge on any atom is 0.283 e. The smallest absolute Gasteiger partial charge is 0.199 e. The van der Waals surface area contributed by atoms with Crippen molar-refractivity contribution in [3.8, 4) is 11.3 Å². The van der Waals surface area contributed by atoms with Crippen LogP contribution in [0.4, 0.5) is 0 Å². The molecule has 5 heteroatoms. The lowest BCUT2D eigenvalue weighted by Crippen LogP contribution is -2.14.